The molecule has 1 N–H and O–H groups in total. The largest absolute Gasteiger partial charge is 0.314 e. The van der Waals surface area contributed by atoms with Gasteiger partial charge in [0.25, 0.3) is 0 Å². The van der Waals surface area contributed by atoms with E-state index in [0.717, 1.165) is 41.3 Å². The van der Waals surface area contributed by atoms with Crippen molar-refractivity contribution >= 4 is 22.9 Å². The minimum absolute atomic E-state index is 0.724. The summed E-state index contributed by atoms with van der Waals surface area (Å²) >= 11 is 7.69. The molecule has 0 amide bonds. The summed E-state index contributed by atoms with van der Waals surface area (Å²) in [5, 5.41) is 7.49. The first kappa shape index (κ1) is 16.5. The van der Waals surface area contributed by atoms with Crippen LogP contribution in [0.25, 0.3) is 10.6 Å². The van der Waals surface area contributed by atoms with Crippen molar-refractivity contribution in [1.29, 1.82) is 0 Å². The summed E-state index contributed by atoms with van der Waals surface area (Å²) < 4.78 is 0. The first-order chi connectivity index (χ1) is 11.8. The van der Waals surface area contributed by atoms with Crippen LogP contribution in [0.4, 0.5) is 0 Å². The second-order valence-electron chi connectivity index (χ2n) is 6.61. The highest BCUT2D eigenvalue weighted by molar-refractivity contribution is 7.13. The van der Waals surface area contributed by atoms with Gasteiger partial charge >= 0.3 is 0 Å². The first-order valence-corrected chi connectivity index (χ1v) is 9.91. The molecule has 4 nitrogen and oxygen atoms in total. The number of hydrogen-bond acceptors (Lipinski definition) is 5. The van der Waals surface area contributed by atoms with Crippen LogP contribution in [-0.2, 0) is 6.54 Å². The third-order valence-electron chi connectivity index (χ3n) is 4.94. The summed E-state index contributed by atoms with van der Waals surface area (Å²) in [5.74, 6) is 0. The molecular weight excluding hydrogens is 340 g/mol. The molecule has 24 heavy (non-hydrogen) atoms. The van der Waals surface area contributed by atoms with E-state index in [0.29, 0.717) is 0 Å². The van der Waals surface area contributed by atoms with Crippen LogP contribution in [0.1, 0.15) is 12.1 Å². The van der Waals surface area contributed by atoms with Gasteiger partial charge in [0.05, 0.1) is 5.69 Å². The van der Waals surface area contributed by atoms with Gasteiger partial charge in [-0.15, -0.1) is 11.3 Å². The lowest BCUT2D eigenvalue weighted by Crippen LogP contribution is -2.49. The molecule has 2 fully saturated rings. The van der Waals surface area contributed by atoms with Crippen LogP contribution in [0, 0.1) is 0 Å². The Balaban J connectivity index is 1.35. The molecule has 0 spiro atoms. The van der Waals surface area contributed by atoms with Crippen molar-refractivity contribution in [3.8, 4) is 10.6 Å². The van der Waals surface area contributed by atoms with Crippen LogP contribution in [0.2, 0.25) is 5.02 Å². The van der Waals surface area contributed by atoms with Crippen molar-refractivity contribution < 1.29 is 0 Å². The van der Waals surface area contributed by atoms with Gasteiger partial charge in [-0.2, -0.15) is 0 Å². The standard InChI is InChI=1S/C18H23ClN4S/c19-15-3-1-14(2-4-15)18-21-16(13-24-18)11-22-8-5-17(12-22)23-9-6-20-7-10-23/h1-4,13,17,20H,5-12H2. The average molecular weight is 363 g/mol. The molecule has 0 bridgehead atoms. The van der Waals surface area contributed by atoms with Crippen LogP contribution in [0.5, 0.6) is 0 Å². The molecule has 4 rings (SSSR count). The van der Waals surface area contributed by atoms with Crippen molar-refractivity contribution in [3.63, 3.8) is 0 Å². The minimum atomic E-state index is 0.724. The molecule has 2 saturated heterocycles. The predicted octanol–water partition coefficient (Wildman–Crippen LogP) is 2.94. The zero-order valence-corrected chi connectivity index (χ0v) is 15.3. The number of hydrogen-bond donors (Lipinski definition) is 1. The normalized spacial score (nSPS) is 23.0. The van der Waals surface area contributed by atoms with Gasteiger partial charge in [-0.1, -0.05) is 23.7 Å². The summed E-state index contributed by atoms with van der Waals surface area (Å²) in [6.07, 6.45) is 1.29. The number of thiazole rings is 1. The molecule has 0 saturated carbocycles. The maximum atomic E-state index is 5.96. The monoisotopic (exact) mass is 362 g/mol. The Morgan fingerprint density at radius 2 is 1.96 bits per heavy atom. The first-order valence-electron chi connectivity index (χ1n) is 8.65. The Morgan fingerprint density at radius 1 is 1.17 bits per heavy atom. The Labute approximate surface area is 152 Å². The minimum Gasteiger partial charge on any atom is -0.314 e. The van der Waals surface area contributed by atoms with Gasteiger partial charge in [-0.05, 0) is 18.6 Å². The third kappa shape index (κ3) is 3.81. The van der Waals surface area contributed by atoms with Crippen molar-refractivity contribution in [2.75, 3.05) is 39.3 Å². The second-order valence-corrected chi connectivity index (χ2v) is 7.91. The van der Waals surface area contributed by atoms with E-state index in [1.807, 2.05) is 24.3 Å². The Bertz CT molecular complexity index is 666. The number of nitrogens with zero attached hydrogens (tertiary/aromatic N) is 3. The molecule has 1 unspecified atom stereocenters. The molecule has 1 atom stereocenters. The molecule has 128 valence electrons. The van der Waals surface area contributed by atoms with E-state index < -0.39 is 0 Å². The molecule has 0 aliphatic carbocycles. The average Bonchev–Trinajstić information content (AvgIpc) is 3.27. The molecule has 2 aliphatic rings. The molecule has 1 aromatic carbocycles. The summed E-state index contributed by atoms with van der Waals surface area (Å²) in [6.45, 7) is 7.97. The second kappa shape index (κ2) is 7.50. The van der Waals surface area contributed by atoms with Crippen molar-refractivity contribution in [1.82, 2.24) is 20.1 Å². The van der Waals surface area contributed by atoms with Crippen molar-refractivity contribution in [3.05, 3.63) is 40.4 Å². The maximum Gasteiger partial charge on any atom is 0.123 e. The fourth-order valence-electron chi connectivity index (χ4n) is 3.63. The highest BCUT2D eigenvalue weighted by Crippen LogP contribution is 2.26. The Hall–Kier alpha value is -0.980. The lowest BCUT2D eigenvalue weighted by Gasteiger charge is -2.32. The van der Waals surface area contributed by atoms with Crippen LogP contribution in [0.15, 0.2) is 29.6 Å². The van der Waals surface area contributed by atoms with Crippen LogP contribution in [0.3, 0.4) is 0 Å². The lowest BCUT2D eigenvalue weighted by molar-refractivity contribution is 0.170. The number of nitrogens with one attached hydrogen (secondary N) is 1. The fraction of sp³-hybridized carbons (Fsp3) is 0.500. The molecule has 0 radical (unpaired) electrons. The Kier molecular flexibility index (Phi) is 5.15. The summed E-state index contributed by atoms with van der Waals surface area (Å²) in [6, 6.07) is 8.66. The quantitative estimate of drug-likeness (QED) is 0.906. The molecular formula is C18H23ClN4S. The van der Waals surface area contributed by atoms with Gasteiger partial charge in [-0.25, -0.2) is 4.98 Å². The lowest BCUT2D eigenvalue weighted by atomic mass is 10.2. The van der Waals surface area contributed by atoms with Gasteiger partial charge < -0.3 is 5.32 Å². The number of likely N-dealkylation sites (tertiary alicyclic amines) is 1. The van der Waals surface area contributed by atoms with E-state index in [1.165, 1.54) is 38.3 Å². The van der Waals surface area contributed by atoms with Crippen molar-refractivity contribution in [2.24, 2.45) is 0 Å². The third-order valence-corrected chi connectivity index (χ3v) is 6.14. The van der Waals surface area contributed by atoms with Gasteiger partial charge in [0.1, 0.15) is 5.01 Å². The van der Waals surface area contributed by atoms with E-state index >= 15 is 0 Å². The van der Waals surface area contributed by atoms with Crippen LogP contribution >= 0.6 is 22.9 Å². The van der Waals surface area contributed by atoms with Gasteiger partial charge in [0.15, 0.2) is 0 Å². The molecule has 1 aromatic heterocycles. The van der Waals surface area contributed by atoms with Crippen LogP contribution < -0.4 is 5.32 Å². The summed E-state index contributed by atoms with van der Waals surface area (Å²) in [5.41, 5.74) is 2.33. The Morgan fingerprint density at radius 3 is 2.75 bits per heavy atom. The van der Waals surface area contributed by atoms with E-state index in [1.54, 1.807) is 11.3 Å². The molecule has 6 heteroatoms. The van der Waals surface area contributed by atoms with Crippen molar-refractivity contribution in [2.45, 2.75) is 19.0 Å². The van der Waals surface area contributed by atoms with E-state index in [4.69, 9.17) is 16.6 Å². The number of benzene rings is 1. The SMILES string of the molecule is Clc1ccc(-c2nc(CN3CCC(N4CCNCC4)C3)cs2)cc1. The van der Waals surface area contributed by atoms with E-state index in [9.17, 15) is 0 Å². The highest BCUT2D eigenvalue weighted by atomic mass is 35.5. The molecule has 3 heterocycles. The van der Waals surface area contributed by atoms with E-state index in [-0.39, 0.29) is 0 Å². The number of piperazine rings is 1. The number of aromatic nitrogens is 1. The van der Waals surface area contributed by atoms with E-state index in [2.05, 4.69) is 20.5 Å². The maximum absolute atomic E-state index is 5.96. The number of halogens is 1. The zero-order chi connectivity index (χ0) is 16.4. The van der Waals surface area contributed by atoms with Crippen LogP contribution in [-0.4, -0.2) is 60.1 Å². The summed E-state index contributed by atoms with van der Waals surface area (Å²) in [7, 11) is 0. The smallest absolute Gasteiger partial charge is 0.123 e. The predicted molar refractivity (Wildman–Crippen MR) is 101 cm³/mol. The van der Waals surface area contributed by atoms with Gasteiger partial charge in [0, 0.05) is 67.8 Å². The van der Waals surface area contributed by atoms with Gasteiger partial charge in [-0.3, -0.25) is 9.80 Å². The topological polar surface area (TPSA) is 31.4 Å². The number of rotatable bonds is 4. The fourth-order valence-corrected chi connectivity index (χ4v) is 4.58. The molecule has 2 aromatic rings. The summed E-state index contributed by atoms with van der Waals surface area (Å²) in [4.78, 5) is 10.0. The zero-order valence-electron chi connectivity index (χ0n) is 13.7. The molecule has 2 aliphatic heterocycles. The highest BCUT2D eigenvalue weighted by Gasteiger charge is 2.28. The van der Waals surface area contributed by atoms with Gasteiger partial charge in [0.2, 0.25) is 0 Å².